The summed E-state index contributed by atoms with van der Waals surface area (Å²) in [5.41, 5.74) is 1.91. The molecule has 22 heavy (non-hydrogen) atoms. The number of nitrogens with one attached hydrogen (secondary N) is 1. The largest absolute Gasteiger partial charge is 0.391 e. The van der Waals surface area contributed by atoms with E-state index in [-0.39, 0.29) is 11.8 Å². The first kappa shape index (κ1) is 16.2. The van der Waals surface area contributed by atoms with Crippen LogP contribution in [-0.2, 0) is 4.79 Å². The minimum absolute atomic E-state index is 0.0763. The Kier molecular flexibility index (Phi) is 6.16. The number of amides is 1. The van der Waals surface area contributed by atoms with Crippen molar-refractivity contribution in [3.05, 3.63) is 71.8 Å². The summed E-state index contributed by atoms with van der Waals surface area (Å²) < 4.78 is 0. The van der Waals surface area contributed by atoms with E-state index in [1.54, 1.807) is 0 Å². The van der Waals surface area contributed by atoms with E-state index in [0.29, 0.717) is 13.0 Å². The Balaban J connectivity index is 2.17. The zero-order valence-electron chi connectivity index (χ0n) is 12.9. The third-order valence-electron chi connectivity index (χ3n) is 3.66. The van der Waals surface area contributed by atoms with Crippen molar-refractivity contribution in [3.8, 4) is 0 Å². The number of benzene rings is 2. The monoisotopic (exact) mass is 297 g/mol. The summed E-state index contributed by atoms with van der Waals surface area (Å²) in [6, 6.07) is 19.5. The van der Waals surface area contributed by atoms with E-state index in [2.05, 4.69) is 5.32 Å². The maximum absolute atomic E-state index is 12.6. The van der Waals surface area contributed by atoms with E-state index in [0.717, 1.165) is 17.5 Å². The fraction of sp³-hybridized carbons (Fsp3) is 0.316. The number of rotatable bonds is 7. The molecule has 0 fully saturated rings. The molecule has 3 heteroatoms. The van der Waals surface area contributed by atoms with Crippen LogP contribution in [0.2, 0.25) is 0 Å². The molecule has 0 aliphatic carbocycles. The van der Waals surface area contributed by atoms with Crippen molar-refractivity contribution in [2.45, 2.75) is 31.8 Å². The normalized spacial score (nSPS) is 12.1. The summed E-state index contributed by atoms with van der Waals surface area (Å²) in [4.78, 5) is 12.6. The molecule has 2 N–H and O–H groups in total. The van der Waals surface area contributed by atoms with Crippen LogP contribution in [0, 0.1) is 0 Å². The second-order valence-electron chi connectivity index (χ2n) is 5.44. The number of aliphatic hydroxyl groups is 1. The molecule has 1 atom stereocenters. The maximum Gasteiger partial charge on any atom is 0.232 e. The quantitative estimate of drug-likeness (QED) is 0.825. The van der Waals surface area contributed by atoms with Crippen LogP contribution in [0.5, 0.6) is 0 Å². The van der Waals surface area contributed by atoms with Crippen molar-refractivity contribution in [2.24, 2.45) is 0 Å². The summed E-state index contributed by atoms with van der Waals surface area (Å²) in [6.07, 6.45) is 1.11. The van der Waals surface area contributed by atoms with Crippen LogP contribution in [-0.4, -0.2) is 23.7 Å². The smallest absolute Gasteiger partial charge is 0.232 e. The molecular formula is C19H23NO2. The minimum atomic E-state index is -0.485. The van der Waals surface area contributed by atoms with Gasteiger partial charge in [-0.15, -0.1) is 0 Å². The number of carbonyl (C=O) groups excluding carboxylic acids is 1. The summed E-state index contributed by atoms with van der Waals surface area (Å²) in [5.74, 6) is -0.427. The van der Waals surface area contributed by atoms with Gasteiger partial charge in [-0.05, 0) is 17.5 Å². The van der Waals surface area contributed by atoms with E-state index in [1.807, 2.05) is 67.6 Å². The van der Waals surface area contributed by atoms with Gasteiger partial charge in [-0.3, -0.25) is 4.79 Å². The zero-order chi connectivity index (χ0) is 15.8. The van der Waals surface area contributed by atoms with E-state index >= 15 is 0 Å². The second-order valence-corrected chi connectivity index (χ2v) is 5.44. The molecule has 2 rings (SSSR count). The first-order chi connectivity index (χ1) is 10.7. The number of hydrogen-bond acceptors (Lipinski definition) is 2. The van der Waals surface area contributed by atoms with Crippen LogP contribution in [0.15, 0.2) is 60.7 Å². The van der Waals surface area contributed by atoms with Crippen molar-refractivity contribution in [1.82, 2.24) is 5.32 Å². The molecule has 0 radical (unpaired) electrons. The topological polar surface area (TPSA) is 49.3 Å². The zero-order valence-corrected chi connectivity index (χ0v) is 12.9. The lowest BCUT2D eigenvalue weighted by molar-refractivity contribution is -0.122. The van der Waals surface area contributed by atoms with Crippen LogP contribution in [0.25, 0.3) is 0 Å². The molecule has 1 unspecified atom stereocenters. The standard InChI is InChI=1S/C19H23NO2/c1-2-9-17(21)14-20-19(22)18(15-10-5-3-6-11-15)16-12-7-4-8-13-16/h3-8,10-13,17-18,21H,2,9,14H2,1H3,(H,20,22). The second kappa shape index (κ2) is 8.35. The van der Waals surface area contributed by atoms with Gasteiger partial charge in [0.05, 0.1) is 12.0 Å². The highest BCUT2D eigenvalue weighted by molar-refractivity contribution is 5.87. The van der Waals surface area contributed by atoms with Crippen LogP contribution in [0.4, 0.5) is 0 Å². The Morgan fingerprint density at radius 3 is 1.95 bits per heavy atom. The van der Waals surface area contributed by atoms with Crippen molar-refractivity contribution in [1.29, 1.82) is 0 Å². The molecule has 3 nitrogen and oxygen atoms in total. The van der Waals surface area contributed by atoms with Crippen LogP contribution < -0.4 is 5.32 Å². The molecule has 0 bridgehead atoms. The SMILES string of the molecule is CCCC(O)CNC(=O)C(c1ccccc1)c1ccccc1. The number of carbonyl (C=O) groups is 1. The van der Waals surface area contributed by atoms with Gasteiger partial charge >= 0.3 is 0 Å². The lowest BCUT2D eigenvalue weighted by atomic mass is 9.90. The van der Waals surface area contributed by atoms with E-state index in [4.69, 9.17) is 0 Å². The van der Waals surface area contributed by atoms with E-state index in [9.17, 15) is 9.90 Å². The fourth-order valence-corrected chi connectivity index (χ4v) is 2.54. The highest BCUT2D eigenvalue weighted by atomic mass is 16.3. The summed E-state index contributed by atoms with van der Waals surface area (Å²) >= 11 is 0. The lowest BCUT2D eigenvalue weighted by Gasteiger charge is -2.19. The van der Waals surface area contributed by atoms with Crippen molar-refractivity contribution >= 4 is 5.91 Å². The molecule has 0 spiro atoms. The third-order valence-corrected chi connectivity index (χ3v) is 3.66. The first-order valence-electron chi connectivity index (χ1n) is 7.78. The van der Waals surface area contributed by atoms with Gasteiger partial charge in [0, 0.05) is 6.54 Å². The maximum atomic E-state index is 12.6. The molecule has 0 aromatic heterocycles. The molecular weight excluding hydrogens is 274 g/mol. The highest BCUT2D eigenvalue weighted by Crippen LogP contribution is 2.24. The molecule has 0 saturated heterocycles. The highest BCUT2D eigenvalue weighted by Gasteiger charge is 2.22. The number of hydrogen-bond donors (Lipinski definition) is 2. The van der Waals surface area contributed by atoms with Gasteiger partial charge in [-0.1, -0.05) is 74.0 Å². The first-order valence-corrected chi connectivity index (χ1v) is 7.78. The molecule has 2 aromatic carbocycles. The molecule has 0 heterocycles. The summed E-state index contributed by atoms with van der Waals surface area (Å²) in [7, 11) is 0. The molecule has 1 amide bonds. The van der Waals surface area contributed by atoms with Gasteiger partial charge in [-0.2, -0.15) is 0 Å². The van der Waals surface area contributed by atoms with Crippen LogP contribution >= 0.6 is 0 Å². The van der Waals surface area contributed by atoms with Gasteiger partial charge in [0.1, 0.15) is 0 Å². The Labute approximate surface area is 132 Å². The molecule has 0 aliphatic heterocycles. The van der Waals surface area contributed by atoms with Crippen molar-refractivity contribution in [2.75, 3.05) is 6.54 Å². The molecule has 0 aliphatic rings. The lowest BCUT2D eigenvalue weighted by Crippen LogP contribution is -2.35. The third kappa shape index (κ3) is 4.43. The predicted octanol–water partition coefficient (Wildman–Crippen LogP) is 3.10. The Morgan fingerprint density at radius 2 is 1.50 bits per heavy atom. The average Bonchev–Trinajstić information content (AvgIpc) is 2.55. The minimum Gasteiger partial charge on any atom is -0.391 e. The molecule has 0 saturated carbocycles. The van der Waals surface area contributed by atoms with Gasteiger partial charge in [0.15, 0.2) is 0 Å². The molecule has 116 valence electrons. The van der Waals surface area contributed by atoms with E-state index < -0.39 is 6.10 Å². The summed E-state index contributed by atoms with van der Waals surface area (Å²) in [6.45, 7) is 2.31. The van der Waals surface area contributed by atoms with Gasteiger partial charge in [-0.25, -0.2) is 0 Å². The summed E-state index contributed by atoms with van der Waals surface area (Å²) in [5, 5.41) is 12.7. The van der Waals surface area contributed by atoms with Crippen LogP contribution in [0.3, 0.4) is 0 Å². The molecule has 2 aromatic rings. The van der Waals surface area contributed by atoms with Crippen LogP contribution in [0.1, 0.15) is 36.8 Å². The van der Waals surface area contributed by atoms with Crippen molar-refractivity contribution < 1.29 is 9.90 Å². The van der Waals surface area contributed by atoms with Gasteiger partial charge in [0.25, 0.3) is 0 Å². The van der Waals surface area contributed by atoms with Crippen molar-refractivity contribution in [3.63, 3.8) is 0 Å². The van der Waals surface area contributed by atoms with Gasteiger partial charge < -0.3 is 10.4 Å². The average molecular weight is 297 g/mol. The fourth-order valence-electron chi connectivity index (χ4n) is 2.54. The van der Waals surface area contributed by atoms with E-state index in [1.165, 1.54) is 0 Å². The Morgan fingerprint density at radius 1 is 1.00 bits per heavy atom. The number of aliphatic hydroxyl groups excluding tert-OH is 1. The van der Waals surface area contributed by atoms with Gasteiger partial charge in [0.2, 0.25) is 5.91 Å². The Bertz CT molecular complexity index is 529. The predicted molar refractivity (Wildman–Crippen MR) is 88.7 cm³/mol. The Hall–Kier alpha value is -2.13.